The average Bonchev–Trinajstić information content (AvgIpc) is 2.15. The molecule has 0 atom stereocenters. The van der Waals surface area contributed by atoms with E-state index in [1.165, 1.54) is 7.11 Å². The van der Waals surface area contributed by atoms with Crippen molar-refractivity contribution in [3.63, 3.8) is 0 Å². The Bertz CT molecular complexity index is 215. The molecule has 0 spiro atoms. The lowest BCUT2D eigenvalue weighted by atomic mass is 9.95. The molecule has 0 amide bonds. The molecule has 88 valence electrons. The Kier molecular flexibility index (Phi) is 4.11. The minimum Gasteiger partial charge on any atom is -0.469 e. The zero-order chi connectivity index (χ0) is 11.5. The maximum absolute atomic E-state index is 11.3. The van der Waals surface area contributed by atoms with Crippen LogP contribution in [0.4, 0.5) is 0 Å². The number of rotatable bonds is 3. The summed E-state index contributed by atoms with van der Waals surface area (Å²) in [6.07, 6.45) is 1.78. The number of carbonyl (C=O) groups excluding carboxylic acids is 1. The second-order valence-electron chi connectivity index (χ2n) is 5.06. The Morgan fingerprint density at radius 2 is 2.00 bits per heavy atom. The highest BCUT2D eigenvalue weighted by atomic mass is 16.5. The van der Waals surface area contributed by atoms with Crippen LogP contribution in [0, 0.1) is 5.92 Å². The molecule has 1 saturated heterocycles. The van der Waals surface area contributed by atoms with Crippen LogP contribution >= 0.6 is 0 Å². The van der Waals surface area contributed by atoms with Crippen molar-refractivity contribution in [1.29, 1.82) is 0 Å². The van der Waals surface area contributed by atoms with E-state index in [2.05, 4.69) is 4.90 Å². The number of nitrogens with zero attached hydrogens (tertiary/aromatic N) is 1. The summed E-state index contributed by atoms with van der Waals surface area (Å²) in [5, 5.41) is 0. The van der Waals surface area contributed by atoms with Gasteiger partial charge in [0, 0.05) is 12.1 Å². The van der Waals surface area contributed by atoms with Crippen molar-refractivity contribution < 1.29 is 9.53 Å². The molecule has 1 fully saturated rings. The maximum atomic E-state index is 11.3. The average molecular weight is 214 g/mol. The molecule has 4 nitrogen and oxygen atoms in total. The SMILES string of the molecule is COC(=O)C1CCN(CC(C)(C)N)CC1. The zero-order valence-corrected chi connectivity index (χ0v) is 9.95. The van der Waals surface area contributed by atoms with Gasteiger partial charge in [0.15, 0.2) is 0 Å². The number of esters is 1. The molecule has 4 heteroatoms. The molecular formula is C11H22N2O2. The minimum absolute atomic E-state index is 0.0679. The first-order valence-electron chi connectivity index (χ1n) is 5.51. The lowest BCUT2D eigenvalue weighted by Crippen LogP contribution is -2.48. The fourth-order valence-corrected chi connectivity index (χ4v) is 2.07. The molecule has 1 heterocycles. The van der Waals surface area contributed by atoms with E-state index in [1.54, 1.807) is 0 Å². The number of carbonyl (C=O) groups is 1. The Hall–Kier alpha value is -0.610. The molecule has 0 aromatic heterocycles. The number of methoxy groups -OCH3 is 1. The van der Waals surface area contributed by atoms with Gasteiger partial charge < -0.3 is 15.4 Å². The number of nitrogens with two attached hydrogens (primary N) is 1. The fraction of sp³-hybridized carbons (Fsp3) is 0.909. The summed E-state index contributed by atoms with van der Waals surface area (Å²) in [5.41, 5.74) is 5.80. The van der Waals surface area contributed by atoms with Gasteiger partial charge in [-0.2, -0.15) is 0 Å². The monoisotopic (exact) mass is 214 g/mol. The van der Waals surface area contributed by atoms with E-state index >= 15 is 0 Å². The van der Waals surface area contributed by atoms with Crippen LogP contribution in [-0.4, -0.2) is 43.2 Å². The third kappa shape index (κ3) is 4.18. The molecule has 0 aliphatic carbocycles. The van der Waals surface area contributed by atoms with Crippen molar-refractivity contribution >= 4 is 5.97 Å². The zero-order valence-electron chi connectivity index (χ0n) is 9.95. The van der Waals surface area contributed by atoms with Crippen LogP contribution in [0.25, 0.3) is 0 Å². The minimum atomic E-state index is -0.155. The number of piperidine rings is 1. The fourth-order valence-electron chi connectivity index (χ4n) is 2.07. The van der Waals surface area contributed by atoms with Crippen LogP contribution in [0.5, 0.6) is 0 Å². The summed E-state index contributed by atoms with van der Waals surface area (Å²) in [5.74, 6) is 0.0220. The second kappa shape index (κ2) is 4.94. The van der Waals surface area contributed by atoms with Crippen LogP contribution in [0.1, 0.15) is 26.7 Å². The molecule has 0 saturated carbocycles. The molecule has 0 bridgehead atoms. The second-order valence-corrected chi connectivity index (χ2v) is 5.06. The third-order valence-electron chi connectivity index (χ3n) is 2.75. The molecule has 0 aromatic rings. The Balaban J connectivity index is 2.33. The highest BCUT2D eigenvalue weighted by molar-refractivity contribution is 5.72. The van der Waals surface area contributed by atoms with Crippen molar-refractivity contribution in [2.45, 2.75) is 32.2 Å². The van der Waals surface area contributed by atoms with E-state index in [9.17, 15) is 4.79 Å². The molecule has 1 aliphatic rings. The summed E-state index contributed by atoms with van der Waals surface area (Å²) in [7, 11) is 1.46. The van der Waals surface area contributed by atoms with Crippen LogP contribution in [0.15, 0.2) is 0 Å². The summed E-state index contributed by atoms with van der Waals surface area (Å²) in [6.45, 7) is 6.83. The number of hydrogen-bond acceptors (Lipinski definition) is 4. The molecule has 2 N–H and O–H groups in total. The van der Waals surface area contributed by atoms with Crippen molar-refractivity contribution in [3.8, 4) is 0 Å². The molecular weight excluding hydrogens is 192 g/mol. The number of hydrogen-bond donors (Lipinski definition) is 1. The smallest absolute Gasteiger partial charge is 0.308 e. The maximum Gasteiger partial charge on any atom is 0.308 e. The van der Waals surface area contributed by atoms with Gasteiger partial charge in [0.05, 0.1) is 13.0 Å². The Labute approximate surface area is 91.8 Å². The molecule has 1 rings (SSSR count). The van der Waals surface area contributed by atoms with Gasteiger partial charge in [-0.1, -0.05) is 0 Å². The molecule has 15 heavy (non-hydrogen) atoms. The van der Waals surface area contributed by atoms with E-state index in [0.29, 0.717) is 0 Å². The Morgan fingerprint density at radius 3 is 2.40 bits per heavy atom. The van der Waals surface area contributed by atoms with Crippen LogP contribution in [0.2, 0.25) is 0 Å². The lowest BCUT2D eigenvalue weighted by Gasteiger charge is -2.34. The van der Waals surface area contributed by atoms with Crippen LogP contribution < -0.4 is 5.73 Å². The standard InChI is InChI=1S/C11H22N2O2/c1-11(2,12)8-13-6-4-9(5-7-13)10(14)15-3/h9H,4-8,12H2,1-3H3. The molecule has 0 unspecified atom stereocenters. The van der Waals surface area contributed by atoms with Gasteiger partial charge in [0.25, 0.3) is 0 Å². The van der Waals surface area contributed by atoms with E-state index < -0.39 is 0 Å². The molecule has 0 aromatic carbocycles. The number of likely N-dealkylation sites (tertiary alicyclic amines) is 1. The van der Waals surface area contributed by atoms with Gasteiger partial charge in [0.1, 0.15) is 0 Å². The van der Waals surface area contributed by atoms with E-state index in [-0.39, 0.29) is 17.4 Å². The van der Waals surface area contributed by atoms with Crippen molar-refractivity contribution in [2.75, 3.05) is 26.7 Å². The van der Waals surface area contributed by atoms with Gasteiger partial charge >= 0.3 is 5.97 Å². The summed E-state index contributed by atoms with van der Waals surface area (Å²) < 4.78 is 4.74. The third-order valence-corrected chi connectivity index (χ3v) is 2.75. The van der Waals surface area contributed by atoms with Crippen molar-refractivity contribution in [1.82, 2.24) is 4.90 Å². The summed E-state index contributed by atoms with van der Waals surface area (Å²) in [4.78, 5) is 13.6. The first-order valence-corrected chi connectivity index (χ1v) is 5.51. The van der Waals surface area contributed by atoms with Crippen molar-refractivity contribution in [3.05, 3.63) is 0 Å². The highest BCUT2D eigenvalue weighted by Gasteiger charge is 2.27. The topological polar surface area (TPSA) is 55.6 Å². The Morgan fingerprint density at radius 1 is 1.47 bits per heavy atom. The van der Waals surface area contributed by atoms with Crippen LogP contribution in [-0.2, 0) is 9.53 Å². The first kappa shape index (κ1) is 12.5. The van der Waals surface area contributed by atoms with E-state index in [0.717, 1.165) is 32.5 Å². The lowest BCUT2D eigenvalue weighted by molar-refractivity contribution is -0.147. The van der Waals surface area contributed by atoms with E-state index in [1.807, 2.05) is 13.8 Å². The molecule has 0 radical (unpaired) electrons. The van der Waals surface area contributed by atoms with Gasteiger partial charge in [0.2, 0.25) is 0 Å². The summed E-state index contributed by atoms with van der Waals surface area (Å²) in [6, 6.07) is 0. The predicted octanol–water partition coefficient (Wildman–Crippen LogP) is 0.609. The van der Waals surface area contributed by atoms with Gasteiger partial charge in [-0.3, -0.25) is 4.79 Å². The van der Waals surface area contributed by atoms with Gasteiger partial charge in [-0.05, 0) is 39.8 Å². The summed E-state index contributed by atoms with van der Waals surface area (Å²) >= 11 is 0. The first-order chi connectivity index (χ1) is 6.92. The number of ether oxygens (including phenoxy) is 1. The largest absolute Gasteiger partial charge is 0.469 e. The van der Waals surface area contributed by atoms with Gasteiger partial charge in [-0.15, -0.1) is 0 Å². The predicted molar refractivity (Wildman–Crippen MR) is 59.4 cm³/mol. The van der Waals surface area contributed by atoms with Gasteiger partial charge in [-0.25, -0.2) is 0 Å². The quantitative estimate of drug-likeness (QED) is 0.699. The molecule has 1 aliphatic heterocycles. The normalized spacial score (nSPS) is 20.3. The van der Waals surface area contributed by atoms with E-state index in [4.69, 9.17) is 10.5 Å². The highest BCUT2D eigenvalue weighted by Crippen LogP contribution is 2.19. The van der Waals surface area contributed by atoms with Crippen molar-refractivity contribution in [2.24, 2.45) is 11.7 Å². The van der Waals surface area contributed by atoms with Crippen LogP contribution in [0.3, 0.4) is 0 Å².